The molecule has 6 nitrogen and oxygen atoms in total. The average Bonchev–Trinajstić information content (AvgIpc) is 2.53. The van der Waals surface area contributed by atoms with Gasteiger partial charge in [0.05, 0.1) is 6.61 Å². The maximum absolute atomic E-state index is 12.3. The molecule has 22 heavy (non-hydrogen) atoms. The van der Waals surface area contributed by atoms with Crippen LogP contribution in [0.25, 0.3) is 0 Å². The smallest absolute Gasteiger partial charge is 0.410 e. The number of carbonyl (C=O) groups excluding carboxylic acids is 2. The molecule has 2 atom stereocenters. The Morgan fingerprint density at radius 3 is 2.64 bits per heavy atom. The van der Waals surface area contributed by atoms with Crippen molar-refractivity contribution in [3.63, 3.8) is 0 Å². The van der Waals surface area contributed by atoms with Crippen molar-refractivity contribution in [2.75, 3.05) is 13.2 Å². The zero-order chi connectivity index (χ0) is 15.9. The molecule has 2 rings (SSSR count). The monoisotopic (exact) mass is 306 g/mol. The van der Waals surface area contributed by atoms with Crippen LogP contribution in [-0.4, -0.2) is 42.2 Å². The summed E-state index contributed by atoms with van der Waals surface area (Å²) in [6.45, 7) is 2.50. The molecule has 1 heterocycles. The number of amides is 1. The van der Waals surface area contributed by atoms with Crippen molar-refractivity contribution in [2.24, 2.45) is 5.73 Å². The first-order valence-electron chi connectivity index (χ1n) is 7.51. The summed E-state index contributed by atoms with van der Waals surface area (Å²) in [4.78, 5) is 25.6. The molecule has 1 saturated heterocycles. The molecule has 0 saturated carbocycles. The quantitative estimate of drug-likeness (QED) is 0.856. The number of esters is 1. The molecule has 120 valence electrons. The minimum absolute atomic E-state index is 0.144. The summed E-state index contributed by atoms with van der Waals surface area (Å²) in [7, 11) is 0. The minimum atomic E-state index is -0.608. The van der Waals surface area contributed by atoms with Crippen LogP contribution in [0.3, 0.4) is 0 Å². The number of nitrogens with zero attached hydrogens (tertiary/aromatic N) is 1. The lowest BCUT2D eigenvalue weighted by atomic mass is 9.99. The molecule has 2 N–H and O–H groups in total. The number of likely N-dealkylation sites (tertiary alicyclic amines) is 1. The number of benzene rings is 1. The molecule has 0 bridgehead atoms. The number of hydrogen-bond donors (Lipinski definition) is 1. The molecule has 1 aromatic rings. The fourth-order valence-electron chi connectivity index (χ4n) is 2.49. The third-order valence-electron chi connectivity index (χ3n) is 3.62. The van der Waals surface area contributed by atoms with Crippen LogP contribution in [0, 0.1) is 0 Å². The third-order valence-corrected chi connectivity index (χ3v) is 3.62. The highest BCUT2D eigenvalue weighted by Gasteiger charge is 2.36. The normalized spacial score (nSPS) is 21.3. The van der Waals surface area contributed by atoms with Crippen LogP contribution in [0.1, 0.15) is 25.3 Å². The standard InChI is InChI=1S/C16H22N2O4/c1-2-21-15(19)14-9-8-13(17)10-18(14)16(20)22-11-12-6-4-3-5-7-12/h3-7,13-14H,2,8-11,17H2,1H3. The second-order valence-electron chi connectivity index (χ2n) is 5.30. The van der Waals surface area contributed by atoms with Gasteiger partial charge in [0.25, 0.3) is 0 Å². The molecule has 1 amide bonds. The SMILES string of the molecule is CCOC(=O)C1CCC(N)CN1C(=O)OCc1ccccc1. The number of carbonyl (C=O) groups is 2. The van der Waals surface area contributed by atoms with E-state index in [1.807, 2.05) is 30.3 Å². The van der Waals surface area contributed by atoms with E-state index in [0.717, 1.165) is 5.56 Å². The summed E-state index contributed by atoms with van der Waals surface area (Å²) in [6, 6.07) is 8.64. The molecule has 1 fully saturated rings. The van der Waals surface area contributed by atoms with Gasteiger partial charge in [0.1, 0.15) is 12.6 Å². The first kappa shape index (κ1) is 16.3. The van der Waals surface area contributed by atoms with Crippen molar-refractivity contribution in [1.82, 2.24) is 4.90 Å². The number of hydrogen-bond acceptors (Lipinski definition) is 5. The van der Waals surface area contributed by atoms with E-state index >= 15 is 0 Å². The Morgan fingerprint density at radius 1 is 1.23 bits per heavy atom. The topological polar surface area (TPSA) is 81.9 Å². The predicted molar refractivity (Wildman–Crippen MR) is 81.0 cm³/mol. The van der Waals surface area contributed by atoms with Crippen molar-refractivity contribution in [1.29, 1.82) is 0 Å². The van der Waals surface area contributed by atoms with Crippen molar-refractivity contribution in [2.45, 2.75) is 38.5 Å². The summed E-state index contributed by atoms with van der Waals surface area (Å²) < 4.78 is 10.3. The van der Waals surface area contributed by atoms with E-state index in [-0.39, 0.29) is 19.3 Å². The fourth-order valence-corrected chi connectivity index (χ4v) is 2.49. The van der Waals surface area contributed by atoms with E-state index in [2.05, 4.69) is 0 Å². The van der Waals surface area contributed by atoms with E-state index < -0.39 is 18.1 Å². The first-order valence-corrected chi connectivity index (χ1v) is 7.51. The lowest BCUT2D eigenvalue weighted by Gasteiger charge is -2.36. The van der Waals surface area contributed by atoms with Gasteiger partial charge < -0.3 is 15.2 Å². The minimum Gasteiger partial charge on any atom is -0.464 e. The van der Waals surface area contributed by atoms with Gasteiger partial charge in [-0.2, -0.15) is 0 Å². The maximum Gasteiger partial charge on any atom is 0.410 e. The Labute approximate surface area is 130 Å². The van der Waals surface area contributed by atoms with Gasteiger partial charge in [0.2, 0.25) is 0 Å². The Bertz CT molecular complexity index is 506. The lowest BCUT2D eigenvalue weighted by molar-refractivity contribution is -0.150. The van der Waals surface area contributed by atoms with Gasteiger partial charge in [-0.25, -0.2) is 9.59 Å². The van der Waals surface area contributed by atoms with Gasteiger partial charge in [0.15, 0.2) is 0 Å². The lowest BCUT2D eigenvalue weighted by Crippen LogP contribution is -2.54. The molecule has 1 aromatic carbocycles. The van der Waals surface area contributed by atoms with Crippen LogP contribution in [0.5, 0.6) is 0 Å². The molecular formula is C16H22N2O4. The predicted octanol–water partition coefficient (Wildman–Crippen LogP) is 1.68. The Hall–Kier alpha value is -2.08. The van der Waals surface area contributed by atoms with Crippen molar-refractivity contribution in [3.05, 3.63) is 35.9 Å². The van der Waals surface area contributed by atoms with E-state index in [0.29, 0.717) is 19.4 Å². The second kappa shape index (κ2) is 7.79. The Balaban J connectivity index is 1.98. The number of rotatable bonds is 4. The fraction of sp³-hybridized carbons (Fsp3) is 0.500. The Kier molecular flexibility index (Phi) is 5.77. The van der Waals surface area contributed by atoms with Gasteiger partial charge in [-0.3, -0.25) is 4.90 Å². The van der Waals surface area contributed by atoms with Crippen LogP contribution in [0.15, 0.2) is 30.3 Å². The van der Waals surface area contributed by atoms with E-state index in [1.54, 1.807) is 6.92 Å². The summed E-state index contributed by atoms with van der Waals surface area (Å²) in [5.41, 5.74) is 6.80. The summed E-state index contributed by atoms with van der Waals surface area (Å²) in [5.74, 6) is -0.397. The van der Waals surface area contributed by atoms with Crippen LogP contribution in [0.4, 0.5) is 4.79 Å². The van der Waals surface area contributed by atoms with Crippen molar-refractivity contribution in [3.8, 4) is 0 Å². The van der Waals surface area contributed by atoms with Gasteiger partial charge >= 0.3 is 12.1 Å². The summed E-state index contributed by atoms with van der Waals surface area (Å²) >= 11 is 0. The van der Waals surface area contributed by atoms with E-state index in [1.165, 1.54) is 4.90 Å². The zero-order valence-electron chi connectivity index (χ0n) is 12.7. The number of nitrogens with two attached hydrogens (primary N) is 1. The van der Waals surface area contributed by atoms with Crippen LogP contribution in [-0.2, 0) is 20.9 Å². The van der Waals surface area contributed by atoms with Gasteiger partial charge in [0, 0.05) is 12.6 Å². The van der Waals surface area contributed by atoms with Crippen LogP contribution in [0.2, 0.25) is 0 Å². The molecule has 1 aliphatic heterocycles. The molecule has 6 heteroatoms. The largest absolute Gasteiger partial charge is 0.464 e. The highest BCUT2D eigenvalue weighted by molar-refractivity contribution is 5.81. The highest BCUT2D eigenvalue weighted by atomic mass is 16.6. The third kappa shape index (κ3) is 4.21. The molecule has 1 aliphatic rings. The second-order valence-corrected chi connectivity index (χ2v) is 5.30. The van der Waals surface area contributed by atoms with Gasteiger partial charge in [-0.15, -0.1) is 0 Å². The number of piperidine rings is 1. The van der Waals surface area contributed by atoms with E-state index in [9.17, 15) is 9.59 Å². The van der Waals surface area contributed by atoms with Crippen LogP contribution < -0.4 is 5.73 Å². The van der Waals surface area contributed by atoms with Crippen LogP contribution >= 0.6 is 0 Å². The summed E-state index contributed by atoms with van der Waals surface area (Å²) in [5, 5.41) is 0. The van der Waals surface area contributed by atoms with Crippen molar-refractivity contribution >= 4 is 12.1 Å². The molecule has 0 spiro atoms. The molecule has 0 radical (unpaired) electrons. The molecule has 0 aliphatic carbocycles. The zero-order valence-corrected chi connectivity index (χ0v) is 12.7. The van der Waals surface area contributed by atoms with Gasteiger partial charge in [-0.1, -0.05) is 30.3 Å². The molecule has 0 aromatic heterocycles. The van der Waals surface area contributed by atoms with Crippen molar-refractivity contribution < 1.29 is 19.1 Å². The summed E-state index contributed by atoms with van der Waals surface area (Å²) in [6.07, 6.45) is 0.656. The maximum atomic E-state index is 12.3. The van der Waals surface area contributed by atoms with Gasteiger partial charge in [-0.05, 0) is 25.3 Å². The number of ether oxygens (including phenoxy) is 2. The molecule has 2 unspecified atom stereocenters. The highest BCUT2D eigenvalue weighted by Crippen LogP contribution is 2.19. The first-order chi connectivity index (χ1) is 10.6. The average molecular weight is 306 g/mol. The Morgan fingerprint density at radius 2 is 1.95 bits per heavy atom. The van der Waals surface area contributed by atoms with E-state index in [4.69, 9.17) is 15.2 Å². The molecular weight excluding hydrogens is 284 g/mol.